The van der Waals surface area contributed by atoms with Crippen LogP contribution in [-0.4, -0.2) is 20.3 Å². The summed E-state index contributed by atoms with van der Waals surface area (Å²) in [5, 5.41) is 0. The van der Waals surface area contributed by atoms with Gasteiger partial charge in [-0.25, -0.2) is 0 Å². The van der Waals surface area contributed by atoms with Crippen LogP contribution in [0.2, 0.25) is 0 Å². The number of hydrogen-bond acceptors (Lipinski definition) is 2. The highest BCUT2D eigenvalue weighted by Crippen LogP contribution is 2.42. The molecule has 0 unspecified atom stereocenters. The van der Waals surface area contributed by atoms with Gasteiger partial charge in [-0.2, -0.15) is 0 Å². The van der Waals surface area contributed by atoms with Crippen molar-refractivity contribution in [2.24, 2.45) is 11.8 Å². The van der Waals surface area contributed by atoms with E-state index in [1.807, 2.05) is 19.2 Å². The largest absolute Gasteiger partial charge is 0.497 e. The first-order valence-electron chi connectivity index (χ1n) is 7.94. The van der Waals surface area contributed by atoms with Crippen molar-refractivity contribution >= 4 is 0 Å². The van der Waals surface area contributed by atoms with Gasteiger partial charge in [0.05, 0.1) is 13.2 Å². The van der Waals surface area contributed by atoms with Crippen LogP contribution < -0.4 is 4.74 Å². The molecular formula is C18H28O2. The molecule has 1 aromatic carbocycles. The summed E-state index contributed by atoms with van der Waals surface area (Å²) in [5.74, 6) is 2.50. The third-order valence-corrected chi connectivity index (χ3v) is 4.70. The third-order valence-electron chi connectivity index (χ3n) is 4.70. The summed E-state index contributed by atoms with van der Waals surface area (Å²) >= 11 is 0. The molecule has 0 aromatic heterocycles. The maximum Gasteiger partial charge on any atom is 0.118 e. The summed E-state index contributed by atoms with van der Waals surface area (Å²) < 4.78 is 10.9. The molecule has 20 heavy (non-hydrogen) atoms. The zero-order valence-electron chi connectivity index (χ0n) is 13.1. The monoisotopic (exact) mass is 276 g/mol. The molecule has 0 saturated heterocycles. The van der Waals surface area contributed by atoms with Crippen LogP contribution in [0.1, 0.15) is 44.6 Å². The molecule has 1 fully saturated rings. The fraction of sp³-hybridized carbons (Fsp3) is 0.667. The maximum absolute atomic E-state index is 5.71. The van der Waals surface area contributed by atoms with Gasteiger partial charge in [0.2, 0.25) is 0 Å². The average molecular weight is 276 g/mol. The molecule has 2 heteroatoms. The quantitative estimate of drug-likeness (QED) is 0.697. The van der Waals surface area contributed by atoms with Crippen LogP contribution in [0.15, 0.2) is 24.3 Å². The van der Waals surface area contributed by atoms with Crippen LogP contribution in [0, 0.1) is 11.8 Å². The maximum atomic E-state index is 5.71. The van der Waals surface area contributed by atoms with E-state index in [0.717, 1.165) is 24.0 Å². The lowest BCUT2D eigenvalue weighted by molar-refractivity contribution is -0.0783. The second-order valence-electron chi connectivity index (χ2n) is 5.99. The molecule has 112 valence electrons. The lowest BCUT2D eigenvalue weighted by Gasteiger charge is -2.44. The minimum Gasteiger partial charge on any atom is -0.497 e. The van der Waals surface area contributed by atoms with Crippen molar-refractivity contribution in [3.05, 3.63) is 29.8 Å². The van der Waals surface area contributed by atoms with Crippen molar-refractivity contribution in [1.82, 2.24) is 0 Å². The Bertz CT molecular complexity index is 385. The van der Waals surface area contributed by atoms with E-state index in [-0.39, 0.29) is 0 Å². The van der Waals surface area contributed by atoms with E-state index in [0.29, 0.717) is 6.10 Å². The first-order chi connectivity index (χ1) is 9.78. The second-order valence-corrected chi connectivity index (χ2v) is 5.99. The van der Waals surface area contributed by atoms with Crippen LogP contribution in [-0.2, 0) is 11.2 Å². The highest BCUT2D eigenvalue weighted by Gasteiger charge is 2.39. The Balaban J connectivity index is 1.76. The summed E-state index contributed by atoms with van der Waals surface area (Å²) in [5.41, 5.74) is 1.40. The van der Waals surface area contributed by atoms with Crippen molar-refractivity contribution < 1.29 is 9.47 Å². The smallest absolute Gasteiger partial charge is 0.118 e. The molecule has 1 aromatic rings. The normalized spacial score (nSPS) is 25.2. The van der Waals surface area contributed by atoms with Crippen molar-refractivity contribution in [2.45, 2.75) is 51.6 Å². The molecule has 0 radical (unpaired) electrons. The number of unbranched alkanes of at least 4 members (excludes halogenated alkanes) is 1. The van der Waals surface area contributed by atoms with Crippen LogP contribution in [0.3, 0.4) is 0 Å². The molecule has 1 saturated carbocycles. The Labute approximate surface area is 123 Å². The SMILES string of the molecule is CCCC[C@H]1C[C@@H](CCc2ccc(OC)cc2)[C@@H]1OC. The second kappa shape index (κ2) is 7.68. The van der Waals surface area contributed by atoms with Gasteiger partial charge in [0.15, 0.2) is 0 Å². The van der Waals surface area contributed by atoms with E-state index >= 15 is 0 Å². The van der Waals surface area contributed by atoms with Crippen molar-refractivity contribution in [2.75, 3.05) is 14.2 Å². The van der Waals surface area contributed by atoms with Crippen LogP contribution in [0.25, 0.3) is 0 Å². The minimum absolute atomic E-state index is 0.500. The summed E-state index contributed by atoms with van der Waals surface area (Å²) in [6.07, 6.45) is 8.23. The van der Waals surface area contributed by atoms with Gasteiger partial charge in [-0.15, -0.1) is 0 Å². The molecule has 0 bridgehead atoms. The molecule has 2 nitrogen and oxygen atoms in total. The van der Waals surface area contributed by atoms with E-state index in [1.165, 1.54) is 37.7 Å². The Morgan fingerprint density at radius 2 is 1.75 bits per heavy atom. The van der Waals surface area contributed by atoms with E-state index < -0.39 is 0 Å². The van der Waals surface area contributed by atoms with Gasteiger partial charge in [0, 0.05) is 7.11 Å². The Kier molecular flexibility index (Phi) is 5.90. The topological polar surface area (TPSA) is 18.5 Å². The molecule has 3 atom stereocenters. The summed E-state index contributed by atoms with van der Waals surface area (Å²) in [7, 11) is 3.59. The summed E-state index contributed by atoms with van der Waals surface area (Å²) in [4.78, 5) is 0. The predicted molar refractivity (Wildman–Crippen MR) is 83.2 cm³/mol. The van der Waals surface area contributed by atoms with Gasteiger partial charge in [0.25, 0.3) is 0 Å². The number of benzene rings is 1. The fourth-order valence-corrected chi connectivity index (χ4v) is 3.41. The first kappa shape index (κ1) is 15.4. The highest BCUT2D eigenvalue weighted by atomic mass is 16.5. The van der Waals surface area contributed by atoms with E-state index in [1.54, 1.807) is 7.11 Å². The Hall–Kier alpha value is -1.02. The van der Waals surface area contributed by atoms with Crippen molar-refractivity contribution in [3.8, 4) is 5.75 Å². The molecule has 0 aliphatic heterocycles. The van der Waals surface area contributed by atoms with E-state index in [2.05, 4.69) is 19.1 Å². The van der Waals surface area contributed by atoms with Gasteiger partial charge in [-0.1, -0.05) is 31.9 Å². The van der Waals surface area contributed by atoms with Crippen molar-refractivity contribution in [1.29, 1.82) is 0 Å². The lowest BCUT2D eigenvalue weighted by Crippen LogP contribution is -2.43. The molecule has 1 aliphatic rings. The fourth-order valence-electron chi connectivity index (χ4n) is 3.41. The van der Waals surface area contributed by atoms with Gasteiger partial charge >= 0.3 is 0 Å². The Morgan fingerprint density at radius 1 is 1.05 bits per heavy atom. The standard InChI is InChI=1S/C18H28O2/c1-4-5-6-15-13-16(18(15)20-3)10-7-14-8-11-17(19-2)12-9-14/h8-9,11-12,15-16,18H,4-7,10,13H2,1-3H3/t15-,16+,18+/m0/s1. The molecule has 0 heterocycles. The van der Waals surface area contributed by atoms with Crippen LogP contribution >= 0.6 is 0 Å². The zero-order valence-corrected chi connectivity index (χ0v) is 13.1. The summed E-state index contributed by atoms with van der Waals surface area (Å²) in [6.45, 7) is 2.27. The molecule has 0 spiro atoms. The minimum atomic E-state index is 0.500. The van der Waals surface area contributed by atoms with Gasteiger partial charge in [-0.3, -0.25) is 0 Å². The zero-order chi connectivity index (χ0) is 14.4. The van der Waals surface area contributed by atoms with Gasteiger partial charge < -0.3 is 9.47 Å². The van der Waals surface area contributed by atoms with Gasteiger partial charge in [0.1, 0.15) is 5.75 Å². The lowest BCUT2D eigenvalue weighted by atomic mass is 9.67. The molecule has 2 rings (SSSR count). The Morgan fingerprint density at radius 3 is 2.35 bits per heavy atom. The number of aryl methyl sites for hydroxylation is 1. The first-order valence-corrected chi connectivity index (χ1v) is 7.94. The van der Waals surface area contributed by atoms with Crippen LogP contribution in [0.5, 0.6) is 5.75 Å². The van der Waals surface area contributed by atoms with Crippen molar-refractivity contribution in [3.63, 3.8) is 0 Å². The number of rotatable bonds is 8. The molecule has 0 amide bonds. The number of hydrogen-bond donors (Lipinski definition) is 0. The molecule has 1 aliphatic carbocycles. The third kappa shape index (κ3) is 3.76. The highest BCUT2D eigenvalue weighted by molar-refractivity contribution is 5.27. The number of methoxy groups -OCH3 is 2. The van der Waals surface area contributed by atoms with E-state index in [9.17, 15) is 0 Å². The average Bonchev–Trinajstić information content (AvgIpc) is 2.47. The summed E-state index contributed by atoms with van der Waals surface area (Å²) in [6, 6.07) is 8.45. The molecular weight excluding hydrogens is 248 g/mol. The van der Waals surface area contributed by atoms with Crippen LogP contribution in [0.4, 0.5) is 0 Å². The molecule has 0 N–H and O–H groups in total. The van der Waals surface area contributed by atoms with Gasteiger partial charge in [-0.05, 0) is 55.2 Å². The van der Waals surface area contributed by atoms with E-state index in [4.69, 9.17) is 9.47 Å². The predicted octanol–water partition coefficient (Wildman–Crippen LogP) is 4.47. The number of ether oxygens (including phenoxy) is 2.